The summed E-state index contributed by atoms with van der Waals surface area (Å²) in [6, 6.07) is 3.05. The third-order valence-corrected chi connectivity index (χ3v) is 2.48. The molecule has 0 aliphatic rings. The molecule has 6 heteroatoms. The topological polar surface area (TPSA) is 80.9 Å². The summed E-state index contributed by atoms with van der Waals surface area (Å²) in [5.41, 5.74) is 1.10. The van der Waals surface area contributed by atoms with Gasteiger partial charge in [-0.2, -0.15) is 5.10 Å². The van der Waals surface area contributed by atoms with Crippen LogP contribution in [0, 0.1) is 0 Å². The van der Waals surface area contributed by atoms with Crippen molar-refractivity contribution in [3.63, 3.8) is 0 Å². The van der Waals surface area contributed by atoms with Gasteiger partial charge < -0.3 is 9.84 Å². The Morgan fingerprint density at radius 2 is 2.28 bits per heavy atom. The van der Waals surface area contributed by atoms with E-state index in [1.807, 2.05) is 0 Å². The minimum atomic E-state index is -0.570. The number of aromatic nitrogens is 2. The molecule has 94 valence electrons. The summed E-state index contributed by atoms with van der Waals surface area (Å²) in [6.07, 6.45) is 2.95. The smallest absolute Gasteiger partial charge is 0.341 e. The second-order valence-electron chi connectivity index (χ2n) is 3.61. The summed E-state index contributed by atoms with van der Waals surface area (Å²) >= 11 is 0. The number of fused-ring (bicyclic) bond motifs is 1. The minimum Gasteiger partial charge on any atom is -0.462 e. The molecule has 0 saturated heterocycles. The summed E-state index contributed by atoms with van der Waals surface area (Å²) < 4.78 is 6.37. The molecular formula is C12H12N2O4. The molecular weight excluding hydrogens is 236 g/mol. The number of aliphatic hydroxyl groups excluding tert-OH is 1. The van der Waals surface area contributed by atoms with Crippen LogP contribution in [0.15, 0.2) is 24.5 Å². The molecule has 0 radical (unpaired) electrons. The van der Waals surface area contributed by atoms with Gasteiger partial charge in [-0.25, -0.2) is 9.31 Å². The number of hydrogen-bond acceptors (Lipinski definition) is 5. The molecule has 0 aromatic carbocycles. The quantitative estimate of drug-likeness (QED) is 0.635. The monoisotopic (exact) mass is 248 g/mol. The summed E-state index contributed by atoms with van der Waals surface area (Å²) in [5.74, 6) is -0.894. The largest absolute Gasteiger partial charge is 0.462 e. The van der Waals surface area contributed by atoms with Crippen LogP contribution >= 0.6 is 0 Å². The van der Waals surface area contributed by atoms with E-state index in [2.05, 4.69) is 5.10 Å². The number of esters is 1. The van der Waals surface area contributed by atoms with Gasteiger partial charge in [0.05, 0.1) is 18.3 Å². The second-order valence-corrected chi connectivity index (χ2v) is 3.61. The highest BCUT2D eigenvalue weighted by Gasteiger charge is 2.15. The Morgan fingerprint density at radius 3 is 2.94 bits per heavy atom. The fourth-order valence-electron chi connectivity index (χ4n) is 1.61. The van der Waals surface area contributed by atoms with E-state index in [4.69, 9.17) is 9.84 Å². The second kappa shape index (κ2) is 4.97. The number of carbonyl (C=O) groups is 2. The number of pyridine rings is 1. The molecule has 0 unspecified atom stereocenters. The molecule has 0 aliphatic carbocycles. The number of Topliss-reactive ketones (excluding diaryl/α,β-unsaturated/α-hetero) is 1. The van der Waals surface area contributed by atoms with Gasteiger partial charge in [0.15, 0.2) is 5.78 Å². The highest BCUT2D eigenvalue weighted by atomic mass is 16.5. The first-order valence-electron chi connectivity index (χ1n) is 5.46. The average Bonchev–Trinajstić information content (AvgIpc) is 2.80. The maximum atomic E-state index is 11.7. The van der Waals surface area contributed by atoms with Crippen molar-refractivity contribution in [1.82, 2.24) is 9.61 Å². The lowest BCUT2D eigenvalue weighted by molar-refractivity contribution is 0.0528. The highest BCUT2D eigenvalue weighted by Crippen LogP contribution is 2.14. The van der Waals surface area contributed by atoms with Crippen LogP contribution in [-0.2, 0) is 4.74 Å². The number of ketones is 1. The zero-order valence-electron chi connectivity index (χ0n) is 9.79. The standard InChI is InChI=1S/C12H12N2O4/c1-2-18-12(17)9-6-13-14-4-3-8(5-10(9)14)11(16)7-15/h3-6,15H,2,7H2,1H3. The van der Waals surface area contributed by atoms with E-state index in [-0.39, 0.29) is 6.61 Å². The Morgan fingerprint density at radius 1 is 1.50 bits per heavy atom. The van der Waals surface area contributed by atoms with Crippen LogP contribution in [0.5, 0.6) is 0 Å². The summed E-state index contributed by atoms with van der Waals surface area (Å²) in [7, 11) is 0. The predicted octanol–water partition coefficient (Wildman–Crippen LogP) is 0.686. The van der Waals surface area contributed by atoms with Gasteiger partial charge in [-0.1, -0.05) is 0 Å². The zero-order chi connectivity index (χ0) is 13.1. The fraction of sp³-hybridized carbons (Fsp3) is 0.250. The molecule has 2 aromatic heterocycles. The lowest BCUT2D eigenvalue weighted by Gasteiger charge is -2.01. The van der Waals surface area contributed by atoms with Gasteiger partial charge in [0, 0.05) is 11.8 Å². The van der Waals surface area contributed by atoms with Gasteiger partial charge in [-0.05, 0) is 19.1 Å². The number of carbonyl (C=O) groups excluding carboxylic acids is 2. The molecule has 0 amide bonds. The number of rotatable bonds is 4. The molecule has 1 N–H and O–H groups in total. The van der Waals surface area contributed by atoms with Gasteiger partial charge in [-0.3, -0.25) is 4.79 Å². The molecule has 0 fully saturated rings. The Hall–Kier alpha value is -2.21. The van der Waals surface area contributed by atoms with Crippen LogP contribution in [-0.4, -0.2) is 39.7 Å². The summed E-state index contributed by atoms with van der Waals surface area (Å²) in [5, 5.41) is 12.8. The third kappa shape index (κ3) is 2.10. The third-order valence-electron chi connectivity index (χ3n) is 2.48. The molecule has 0 spiro atoms. The number of nitrogens with zero attached hydrogens (tertiary/aromatic N) is 2. The Labute approximate surface area is 103 Å². The van der Waals surface area contributed by atoms with E-state index in [1.165, 1.54) is 22.8 Å². The van der Waals surface area contributed by atoms with Crippen LogP contribution in [0.3, 0.4) is 0 Å². The van der Waals surface area contributed by atoms with Crippen LogP contribution in [0.1, 0.15) is 27.6 Å². The van der Waals surface area contributed by atoms with Crippen LogP contribution < -0.4 is 0 Å². The first kappa shape index (κ1) is 12.3. The van der Waals surface area contributed by atoms with Crippen molar-refractivity contribution < 1.29 is 19.4 Å². The van der Waals surface area contributed by atoms with Crippen molar-refractivity contribution in [3.8, 4) is 0 Å². The van der Waals surface area contributed by atoms with E-state index < -0.39 is 18.4 Å². The summed E-state index contributed by atoms with van der Waals surface area (Å²) in [6.45, 7) is 1.41. The minimum absolute atomic E-state index is 0.269. The van der Waals surface area contributed by atoms with Crippen molar-refractivity contribution in [2.45, 2.75) is 6.92 Å². The van der Waals surface area contributed by atoms with Crippen LogP contribution in [0.2, 0.25) is 0 Å². The van der Waals surface area contributed by atoms with Gasteiger partial charge >= 0.3 is 5.97 Å². The van der Waals surface area contributed by atoms with Crippen molar-refractivity contribution in [3.05, 3.63) is 35.7 Å². The molecule has 0 bridgehead atoms. The SMILES string of the molecule is CCOC(=O)c1cnn2ccc(C(=O)CO)cc12. The molecule has 0 atom stereocenters. The first-order chi connectivity index (χ1) is 8.67. The van der Waals surface area contributed by atoms with Crippen molar-refractivity contribution in [2.24, 2.45) is 0 Å². The first-order valence-corrected chi connectivity index (χ1v) is 5.46. The summed E-state index contributed by atoms with van der Waals surface area (Å²) in [4.78, 5) is 23.1. The molecule has 0 aliphatic heterocycles. The van der Waals surface area contributed by atoms with Crippen molar-refractivity contribution >= 4 is 17.3 Å². The Bertz CT molecular complexity index is 603. The molecule has 2 heterocycles. The van der Waals surface area contributed by atoms with Crippen molar-refractivity contribution in [1.29, 1.82) is 0 Å². The van der Waals surface area contributed by atoms with Crippen LogP contribution in [0.4, 0.5) is 0 Å². The lowest BCUT2D eigenvalue weighted by Crippen LogP contribution is -2.07. The highest BCUT2D eigenvalue weighted by molar-refractivity contribution is 6.01. The fourth-order valence-corrected chi connectivity index (χ4v) is 1.61. The molecule has 2 rings (SSSR count). The Balaban J connectivity index is 2.49. The number of ether oxygens (including phenoxy) is 1. The van der Waals surface area contributed by atoms with Crippen LogP contribution in [0.25, 0.3) is 5.52 Å². The molecule has 0 saturated carbocycles. The Kier molecular flexibility index (Phi) is 3.38. The van der Waals surface area contributed by atoms with E-state index in [1.54, 1.807) is 13.1 Å². The van der Waals surface area contributed by atoms with Crippen molar-refractivity contribution in [2.75, 3.05) is 13.2 Å². The van der Waals surface area contributed by atoms with E-state index in [9.17, 15) is 9.59 Å². The van der Waals surface area contributed by atoms with E-state index in [0.717, 1.165) is 0 Å². The molecule has 18 heavy (non-hydrogen) atoms. The van der Waals surface area contributed by atoms with E-state index >= 15 is 0 Å². The van der Waals surface area contributed by atoms with Gasteiger partial charge in [0.2, 0.25) is 0 Å². The normalized spacial score (nSPS) is 10.6. The molecule has 2 aromatic rings. The van der Waals surface area contributed by atoms with Gasteiger partial charge in [-0.15, -0.1) is 0 Å². The van der Waals surface area contributed by atoms with Gasteiger partial charge in [0.1, 0.15) is 12.2 Å². The maximum absolute atomic E-state index is 11.7. The average molecular weight is 248 g/mol. The predicted molar refractivity (Wildman–Crippen MR) is 62.6 cm³/mol. The van der Waals surface area contributed by atoms with Gasteiger partial charge in [0.25, 0.3) is 0 Å². The maximum Gasteiger partial charge on any atom is 0.341 e. The lowest BCUT2D eigenvalue weighted by atomic mass is 10.1. The molecule has 6 nitrogen and oxygen atoms in total. The zero-order valence-corrected chi connectivity index (χ0v) is 9.79. The number of hydrogen-bond donors (Lipinski definition) is 1. The van der Waals surface area contributed by atoms with E-state index in [0.29, 0.717) is 16.6 Å². The number of aliphatic hydroxyl groups is 1.